The van der Waals surface area contributed by atoms with Gasteiger partial charge in [-0.3, -0.25) is 0 Å². The molecule has 0 N–H and O–H groups in total. The van der Waals surface area contributed by atoms with Gasteiger partial charge in [-0.25, -0.2) is 14.8 Å². The topological polar surface area (TPSA) is 77.9 Å². The Morgan fingerprint density at radius 3 is 2.88 bits per heavy atom. The van der Waals surface area contributed by atoms with Crippen molar-refractivity contribution < 1.29 is 9.53 Å². The van der Waals surface area contributed by atoms with Gasteiger partial charge in [0.05, 0.1) is 19.5 Å². The fraction of sp³-hybridized carbons (Fsp3) is 0.125. The van der Waals surface area contributed by atoms with Crippen LogP contribution in [0.5, 0.6) is 0 Å². The summed E-state index contributed by atoms with van der Waals surface area (Å²) in [5, 5.41) is 8.22. The summed E-state index contributed by atoms with van der Waals surface area (Å²) in [6.45, 7) is 0. The van der Waals surface area contributed by atoms with Gasteiger partial charge in [0.2, 0.25) is 0 Å². The van der Waals surface area contributed by atoms with E-state index in [2.05, 4.69) is 24.9 Å². The zero-order chi connectivity index (χ0) is 11.4. The van der Waals surface area contributed by atoms with Crippen LogP contribution in [0.1, 0.15) is 10.5 Å². The largest absolute Gasteiger partial charge is 0.464 e. The molecule has 0 unspecified atom stereocenters. The van der Waals surface area contributed by atoms with Crippen molar-refractivity contribution in [1.29, 1.82) is 0 Å². The van der Waals surface area contributed by atoms with E-state index in [9.17, 15) is 4.79 Å². The molecule has 0 saturated carbocycles. The smallest absolute Gasteiger partial charge is 0.358 e. The molecule has 2 heterocycles. The number of ether oxygens (including phenoxy) is 1. The molecule has 2 aromatic heterocycles. The maximum absolute atomic E-state index is 11.1. The van der Waals surface area contributed by atoms with Crippen LogP contribution >= 0.6 is 23.1 Å². The minimum Gasteiger partial charge on any atom is -0.464 e. The third-order valence-electron chi connectivity index (χ3n) is 1.55. The van der Waals surface area contributed by atoms with Gasteiger partial charge in [-0.1, -0.05) is 11.3 Å². The Bertz CT molecular complexity index is 471. The molecule has 0 aliphatic carbocycles. The Labute approximate surface area is 99.1 Å². The van der Waals surface area contributed by atoms with Crippen molar-refractivity contribution in [2.24, 2.45) is 0 Å². The maximum atomic E-state index is 11.1. The third kappa shape index (κ3) is 2.52. The molecule has 2 rings (SSSR count). The highest BCUT2D eigenvalue weighted by molar-refractivity contribution is 8.00. The molecule has 6 nitrogen and oxygen atoms in total. The molecule has 16 heavy (non-hydrogen) atoms. The second kappa shape index (κ2) is 4.99. The lowest BCUT2D eigenvalue weighted by molar-refractivity contribution is 0.0593. The number of aromatic nitrogens is 4. The van der Waals surface area contributed by atoms with Crippen LogP contribution in [0.3, 0.4) is 0 Å². The van der Waals surface area contributed by atoms with E-state index in [4.69, 9.17) is 0 Å². The molecular weight excluding hydrogens is 248 g/mol. The fourth-order valence-electron chi connectivity index (χ4n) is 0.876. The van der Waals surface area contributed by atoms with Gasteiger partial charge in [-0.2, -0.15) is 0 Å². The lowest BCUT2D eigenvalue weighted by Gasteiger charge is -1.98. The second-order valence-electron chi connectivity index (χ2n) is 2.54. The number of esters is 1. The highest BCUT2D eigenvalue weighted by Gasteiger charge is 2.08. The summed E-state index contributed by atoms with van der Waals surface area (Å²) in [7, 11) is 1.30. The number of hydrogen-bond acceptors (Lipinski definition) is 8. The third-order valence-corrected chi connectivity index (χ3v) is 3.25. The number of carbonyl (C=O) groups excluding carboxylic acids is 1. The Kier molecular flexibility index (Phi) is 3.42. The van der Waals surface area contributed by atoms with Crippen molar-refractivity contribution in [2.45, 2.75) is 9.37 Å². The van der Waals surface area contributed by atoms with Gasteiger partial charge in [0.25, 0.3) is 0 Å². The molecule has 0 fully saturated rings. The van der Waals surface area contributed by atoms with Crippen LogP contribution in [-0.4, -0.2) is 33.2 Å². The van der Waals surface area contributed by atoms with Crippen LogP contribution in [0.25, 0.3) is 0 Å². The summed E-state index contributed by atoms with van der Waals surface area (Å²) < 4.78 is 5.29. The van der Waals surface area contributed by atoms with Crippen LogP contribution in [0, 0.1) is 0 Å². The lowest BCUT2D eigenvalue weighted by atomic mass is 10.5. The summed E-state index contributed by atoms with van der Waals surface area (Å²) in [5.41, 5.74) is 1.82. The molecular formula is C8H6N4O2S2. The summed E-state index contributed by atoms with van der Waals surface area (Å²) in [4.78, 5) is 19.1. The zero-order valence-corrected chi connectivity index (χ0v) is 9.79. The predicted octanol–water partition coefficient (Wildman–Crippen LogP) is 1.27. The minimum atomic E-state index is -0.500. The average molecular weight is 254 g/mol. The van der Waals surface area contributed by atoms with Crippen LogP contribution in [0.2, 0.25) is 0 Å². The zero-order valence-electron chi connectivity index (χ0n) is 8.15. The predicted molar refractivity (Wildman–Crippen MR) is 57.4 cm³/mol. The molecule has 0 aromatic carbocycles. The van der Waals surface area contributed by atoms with E-state index in [0.717, 1.165) is 4.34 Å². The van der Waals surface area contributed by atoms with Gasteiger partial charge in [0.15, 0.2) is 10.0 Å². The van der Waals surface area contributed by atoms with Crippen molar-refractivity contribution in [2.75, 3.05) is 7.11 Å². The van der Waals surface area contributed by atoms with E-state index in [1.807, 2.05) is 0 Å². The lowest BCUT2D eigenvalue weighted by Crippen LogP contribution is -2.04. The van der Waals surface area contributed by atoms with E-state index in [1.54, 1.807) is 5.51 Å². The van der Waals surface area contributed by atoms with Crippen LogP contribution in [0.4, 0.5) is 0 Å². The number of hydrogen-bond donors (Lipinski definition) is 0. The molecule has 2 aromatic rings. The number of carbonyl (C=O) groups is 1. The van der Waals surface area contributed by atoms with Gasteiger partial charge >= 0.3 is 5.97 Å². The van der Waals surface area contributed by atoms with E-state index in [-0.39, 0.29) is 5.69 Å². The van der Waals surface area contributed by atoms with E-state index >= 15 is 0 Å². The maximum Gasteiger partial charge on any atom is 0.358 e. The Hall–Kier alpha value is -1.54. The van der Waals surface area contributed by atoms with Gasteiger partial charge in [0.1, 0.15) is 10.5 Å². The fourth-order valence-corrected chi connectivity index (χ4v) is 2.21. The van der Waals surface area contributed by atoms with E-state index in [0.29, 0.717) is 5.03 Å². The second-order valence-corrected chi connectivity index (χ2v) is 4.64. The van der Waals surface area contributed by atoms with Gasteiger partial charge in [-0.05, 0) is 11.8 Å². The monoisotopic (exact) mass is 254 g/mol. The molecule has 0 atom stereocenters. The first-order valence-electron chi connectivity index (χ1n) is 4.14. The number of rotatable bonds is 3. The molecule has 0 spiro atoms. The van der Waals surface area contributed by atoms with Crippen molar-refractivity contribution in [1.82, 2.24) is 20.2 Å². The van der Waals surface area contributed by atoms with Gasteiger partial charge in [0, 0.05) is 0 Å². The molecule has 82 valence electrons. The quantitative estimate of drug-likeness (QED) is 0.763. The molecule has 0 aliphatic heterocycles. The van der Waals surface area contributed by atoms with Crippen molar-refractivity contribution in [3.05, 3.63) is 23.6 Å². The molecule has 0 aliphatic rings. The summed E-state index contributed by atoms with van der Waals surface area (Å²) >= 11 is 2.76. The molecule has 0 amide bonds. The number of nitrogens with zero attached hydrogens (tertiary/aromatic N) is 4. The van der Waals surface area contributed by atoms with Crippen molar-refractivity contribution in [3.8, 4) is 0 Å². The highest BCUT2D eigenvalue weighted by Crippen LogP contribution is 2.25. The minimum absolute atomic E-state index is 0.184. The highest BCUT2D eigenvalue weighted by atomic mass is 32.2. The number of methoxy groups -OCH3 is 1. The van der Waals surface area contributed by atoms with Crippen LogP contribution < -0.4 is 0 Å². The van der Waals surface area contributed by atoms with Gasteiger partial charge < -0.3 is 4.74 Å². The normalized spacial score (nSPS) is 10.1. The first kappa shape index (κ1) is 11.0. The molecule has 0 radical (unpaired) electrons. The molecule has 8 heteroatoms. The van der Waals surface area contributed by atoms with E-state index < -0.39 is 5.97 Å². The van der Waals surface area contributed by atoms with Crippen LogP contribution in [-0.2, 0) is 4.74 Å². The molecule has 0 saturated heterocycles. The van der Waals surface area contributed by atoms with Crippen molar-refractivity contribution in [3.63, 3.8) is 0 Å². The summed E-state index contributed by atoms with van der Waals surface area (Å²) in [6, 6.07) is 0. The average Bonchev–Trinajstić information content (AvgIpc) is 2.82. The Morgan fingerprint density at radius 1 is 1.44 bits per heavy atom. The Balaban J connectivity index is 2.10. The Morgan fingerprint density at radius 2 is 2.31 bits per heavy atom. The molecule has 0 bridgehead atoms. The van der Waals surface area contributed by atoms with Crippen molar-refractivity contribution >= 4 is 29.1 Å². The first-order valence-corrected chi connectivity index (χ1v) is 5.83. The SMILES string of the molecule is COC(=O)c1cnc(Sc2nncs2)cn1. The summed E-state index contributed by atoms with van der Waals surface area (Å²) in [5.74, 6) is -0.500. The van der Waals surface area contributed by atoms with Crippen LogP contribution in [0.15, 0.2) is 27.3 Å². The standard InChI is InChI=1S/C8H6N4O2S2/c1-14-7(13)5-2-10-6(3-9-5)16-8-12-11-4-15-8/h2-4H,1H3. The first-order chi connectivity index (χ1) is 7.79. The summed E-state index contributed by atoms with van der Waals surface area (Å²) in [6.07, 6.45) is 2.87. The van der Waals surface area contributed by atoms with E-state index in [1.165, 1.54) is 42.6 Å². The van der Waals surface area contributed by atoms with Gasteiger partial charge in [-0.15, -0.1) is 10.2 Å².